The summed E-state index contributed by atoms with van der Waals surface area (Å²) in [5, 5.41) is 14.2. The van der Waals surface area contributed by atoms with Crippen LogP contribution in [0.4, 0.5) is 13.2 Å². The number of ether oxygens (including phenoxy) is 1. The Balaban J connectivity index is 1.85. The van der Waals surface area contributed by atoms with Crippen molar-refractivity contribution in [2.75, 3.05) is 0 Å². The maximum atomic E-state index is 12.3. The molecular weight excluding hydrogens is 423 g/mol. The summed E-state index contributed by atoms with van der Waals surface area (Å²) in [6.07, 6.45) is -3.73. The number of carbonyl (C=O) groups is 1. The van der Waals surface area contributed by atoms with Crippen LogP contribution in [0.2, 0.25) is 5.02 Å². The fraction of sp³-hybridized carbons (Fsp3) is 0.263. The number of halogens is 4. The summed E-state index contributed by atoms with van der Waals surface area (Å²) in [4.78, 5) is 11.3. The lowest BCUT2D eigenvalue weighted by molar-refractivity contribution is -0.274. The van der Waals surface area contributed by atoms with Crippen molar-refractivity contribution in [3.05, 3.63) is 58.6 Å². The Bertz CT molecular complexity index is 994. The number of benzene rings is 2. The van der Waals surface area contributed by atoms with Gasteiger partial charge in [-0.2, -0.15) is 5.21 Å². The minimum Gasteiger partial charge on any atom is -0.406 e. The van der Waals surface area contributed by atoms with Gasteiger partial charge in [0.15, 0.2) is 0 Å². The van der Waals surface area contributed by atoms with Gasteiger partial charge in [0.2, 0.25) is 11.7 Å². The van der Waals surface area contributed by atoms with E-state index in [9.17, 15) is 18.0 Å². The first-order valence-corrected chi connectivity index (χ1v) is 9.25. The molecular formula is C19H17ClF3N5O2. The monoisotopic (exact) mass is 439 g/mol. The topological polar surface area (TPSA) is 107 Å². The fourth-order valence-electron chi connectivity index (χ4n) is 3.08. The number of hydrogen-bond donors (Lipinski definition) is 2. The van der Waals surface area contributed by atoms with Gasteiger partial charge in [-0.05, 0) is 65.4 Å². The van der Waals surface area contributed by atoms with E-state index in [1.807, 2.05) is 6.07 Å². The van der Waals surface area contributed by atoms with Gasteiger partial charge in [0.05, 0.1) is 0 Å². The number of alkyl halides is 3. The molecule has 0 bridgehead atoms. The predicted octanol–water partition coefficient (Wildman–Crippen LogP) is 4.01. The molecule has 0 saturated heterocycles. The molecule has 1 unspecified atom stereocenters. The fourth-order valence-corrected chi connectivity index (χ4v) is 3.32. The van der Waals surface area contributed by atoms with Gasteiger partial charge in [-0.1, -0.05) is 23.7 Å². The van der Waals surface area contributed by atoms with E-state index < -0.39 is 12.3 Å². The Morgan fingerprint density at radius 2 is 1.93 bits per heavy atom. The number of tetrazole rings is 1. The zero-order valence-corrected chi connectivity index (χ0v) is 16.2. The maximum Gasteiger partial charge on any atom is 0.573 e. The van der Waals surface area contributed by atoms with Crippen LogP contribution in [0.3, 0.4) is 0 Å². The molecule has 3 N–H and O–H groups in total. The van der Waals surface area contributed by atoms with Gasteiger partial charge < -0.3 is 10.5 Å². The summed E-state index contributed by atoms with van der Waals surface area (Å²) in [6, 6.07) is 10.9. The van der Waals surface area contributed by atoms with Crippen molar-refractivity contribution >= 4 is 17.5 Å². The van der Waals surface area contributed by atoms with Crippen molar-refractivity contribution in [1.29, 1.82) is 0 Å². The number of aromatic amines is 1. The molecule has 0 fully saturated rings. The third-order valence-corrected chi connectivity index (χ3v) is 4.59. The third kappa shape index (κ3) is 6.18. The second-order valence-corrected chi connectivity index (χ2v) is 7.04. The molecule has 2 aromatic carbocycles. The van der Waals surface area contributed by atoms with Crippen LogP contribution in [0.15, 0.2) is 42.5 Å². The lowest BCUT2D eigenvalue weighted by atomic mass is 9.87. The molecule has 1 amide bonds. The smallest absolute Gasteiger partial charge is 0.406 e. The lowest BCUT2D eigenvalue weighted by Crippen LogP contribution is -2.17. The average molecular weight is 440 g/mol. The van der Waals surface area contributed by atoms with Crippen LogP contribution >= 0.6 is 11.6 Å². The number of H-pyrrole nitrogens is 1. The zero-order valence-electron chi connectivity index (χ0n) is 15.5. The number of aromatic nitrogens is 4. The molecule has 3 rings (SSSR count). The standard InChI is InChI=1S/C19H17ClF3N5O2/c20-15-9-13(8-14(10-15)18-25-27-28-26-18)12(3-6-17(24)29)7-11-1-4-16(5-2-11)30-19(21,22)23/h1-2,4-5,8-10,12H,3,6-7H2,(H2,24,29)(H,25,26,27,28). The van der Waals surface area contributed by atoms with E-state index in [4.69, 9.17) is 17.3 Å². The van der Waals surface area contributed by atoms with E-state index in [1.54, 1.807) is 24.3 Å². The number of rotatable bonds is 8. The van der Waals surface area contributed by atoms with E-state index in [-0.39, 0.29) is 18.1 Å². The van der Waals surface area contributed by atoms with E-state index in [1.165, 1.54) is 12.1 Å². The largest absolute Gasteiger partial charge is 0.573 e. The van der Waals surface area contributed by atoms with E-state index >= 15 is 0 Å². The highest BCUT2D eigenvalue weighted by atomic mass is 35.5. The summed E-state index contributed by atoms with van der Waals surface area (Å²) in [5.74, 6) is -0.561. The van der Waals surface area contributed by atoms with Gasteiger partial charge in [0, 0.05) is 17.0 Å². The molecule has 0 saturated carbocycles. The second-order valence-electron chi connectivity index (χ2n) is 6.61. The molecule has 0 radical (unpaired) electrons. The molecule has 0 spiro atoms. The molecule has 158 valence electrons. The van der Waals surface area contributed by atoms with Gasteiger partial charge in [-0.25, -0.2) is 0 Å². The van der Waals surface area contributed by atoms with Crippen LogP contribution in [-0.2, 0) is 11.2 Å². The van der Waals surface area contributed by atoms with Gasteiger partial charge >= 0.3 is 6.36 Å². The molecule has 0 aliphatic rings. The summed E-state index contributed by atoms with van der Waals surface area (Å²) in [6.45, 7) is 0. The highest BCUT2D eigenvalue weighted by Gasteiger charge is 2.31. The first-order chi connectivity index (χ1) is 14.2. The van der Waals surface area contributed by atoms with Gasteiger partial charge in [-0.3, -0.25) is 4.79 Å². The van der Waals surface area contributed by atoms with Crippen LogP contribution in [0.25, 0.3) is 11.4 Å². The summed E-state index contributed by atoms with van der Waals surface area (Å²) < 4.78 is 40.9. The number of carbonyl (C=O) groups excluding carboxylic acids is 1. The molecule has 1 aromatic heterocycles. The Morgan fingerprint density at radius 3 is 2.53 bits per heavy atom. The van der Waals surface area contributed by atoms with Crippen LogP contribution < -0.4 is 10.5 Å². The van der Waals surface area contributed by atoms with Crippen molar-refractivity contribution < 1.29 is 22.7 Å². The van der Waals surface area contributed by atoms with Crippen molar-refractivity contribution in [3.8, 4) is 17.1 Å². The molecule has 0 aliphatic carbocycles. The third-order valence-electron chi connectivity index (χ3n) is 4.37. The number of nitrogens with two attached hydrogens (primary N) is 1. The highest BCUT2D eigenvalue weighted by Crippen LogP contribution is 2.32. The Kier molecular flexibility index (Phi) is 6.56. The van der Waals surface area contributed by atoms with E-state index in [2.05, 4.69) is 25.4 Å². The van der Waals surface area contributed by atoms with Crippen molar-refractivity contribution in [1.82, 2.24) is 20.6 Å². The normalized spacial score (nSPS) is 12.5. The molecule has 1 atom stereocenters. The summed E-state index contributed by atoms with van der Waals surface area (Å²) in [5.41, 5.74) is 7.53. The van der Waals surface area contributed by atoms with Crippen molar-refractivity contribution in [3.63, 3.8) is 0 Å². The molecule has 11 heteroatoms. The molecule has 7 nitrogen and oxygen atoms in total. The van der Waals surface area contributed by atoms with Crippen LogP contribution in [0.1, 0.15) is 29.9 Å². The van der Waals surface area contributed by atoms with Gasteiger partial charge in [0.1, 0.15) is 5.75 Å². The lowest BCUT2D eigenvalue weighted by Gasteiger charge is -2.18. The van der Waals surface area contributed by atoms with Gasteiger partial charge in [-0.15, -0.1) is 23.4 Å². The Hall–Kier alpha value is -3.14. The quantitative estimate of drug-likeness (QED) is 0.551. The zero-order chi connectivity index (χ0) is 21.7. The minimum absolute atomic E-state index is 0.143. The average Bonchev–Trinajstić information content (AvgIpc) is 3.19. The van der Waals surface area contributed by atoms with E-state index in [0.717, 1.165) is 11.1 Å². The van der Waals surface area contributed by atoms with Gasteiger partial charge in [0.25, 0.3) is 0 Å². The molecule has 30 heavy (non-hydrogen) atoms. The summed E-state index contributed by atoms with van der Waals surface area (Å²) >= 11 is 6.26. The number of nitrogens with one attached hydrogen (secondary N) is 1. The van der Waals surface area contributed by atoms with Crippen LogP contribution in [0, 0.1) is 0 Å². The SMILES string of the molecule is NC(=O)CCC(Cc1ccc(OC(F)(F)F)cc1)c1cc(Cl)cc(-c2nn[nH]n2)c1. The number of amides is 1. The molecule has 3 aromatic rings. The first kappa shape index (κ1) is 21.6. The van der Waals surface area contributed by atoms with Crippen molar-refractivity contribution in [2.24, 2.45) is 5.73 Å². The maximum absolute atomic E-state index is 12.3. The molecule has 1 heterocycles. The Labute approximate surface area is 174 Å². The first-order valence-electron chi connectivity index (χ1n) is 8.87. The minimum atomic E-state index is -4.75. The predicted molar refractivity (Wildman–Crippen MR) is 103 cm³/mol. The van der Waals surface area contributed by atoms with Crippen LogP contribution in [0.5, 0.6) is 5.75 Å². The highest BCUT2D eigenvalue weighted by molar-refractivity contribution is 6.30. The van der Waals surface area contributed by atoms with Crippen molar-refractivity contribution in [2.45, 2.75) is 31.5 Å². The Morgan fingerprint density at radius 1 is 1.20 bits per heavy atom. The second kappa shape index (κ2) is 9.12. The number of hydrogen-bond acceptors (Lipinski definition) is 5. The number of primary amides is 1. The summed E-state index contributed by atoms with van der Waals surface area (Å²) in [7, 11) is 0. The molecule has 0 aliphatic heterocycles. The van der Waals surface area contributed by atoms with Crippen LogP contribution in [-0.4, -0.2) is 32.9 Å². The van der Waals surface area contributed by atoms with E-state index in [0.29, 0.717) is 29.3 Å². The number of nitrogens with zero attached hydrogens (tertiary/aromatic N) is 3.